The number of fused-ring (bicyclic) bond motifs is 1. The molecule has 1 unspecified atom stereocenters. The average molecular weight is 249 g/mol. The van der Waals surface area contributed by atoms with Crippen LogP contribution in [0.3, 0.4) is 0 Å². The summed E-state index contributed by atoms with van der Waals surface area (Å²) in [6.45, 7) is 0. The summed E-state index contributed by atoms with van der Waals surface area (Å²) in [5, 5.41) is 5.29. The molecule has 16 heavy (non-hydrogen) atoms. The van der Waals surface area contributed by atoms with E-state index in [0.717, 1.165) is 5.02 Å². The molecule has 0 spiro atoms. The molecule has 0 radical (unpaired) electrons. The molecule has 1 aliphatic carbocycles. The molecular formula is C14H13ClS. The first-order valence-corrected chi connectivity index (χ1v) is 6.97. The van der Waals surface area contributed by atoms with Gasteiger partial charge in [0, 0.05) is 10.9 Å². The number of benzene rings is 1. The number of rotatable bonds is 1. The van der Waals surface area contributed by atoms with Crippen LogP contribution in [0.5, 0.6) is 0 Å². The predicted octanol–water partition coefficient (Wildman–Crippen LogP) is 4.87. The van der Waals surface area contributed by atoms with Crippen LogP contribution in [-0.2, 0) is 6.42 Å². The molecule has 0 bridgehead atoms. The van der Waals surface area contributed by atoms with Gasteiger partial charge in [0.05, 0.1) is 0 Å². The van der Waals surface area contributed by atoms with E-state index in [-0.39, 0.29) is 0 Å². The van der Waals surface area contributed by atoms with E-state index in [2.05, 4.69) is 29.0 Å². The summed E-state index contributed by atoms with van der Waals surface area (Å²) in [6.07, 6.45) is 3.74. The molecule has 1 aliphatic rings. The molecule has 1 aromatic heterocycles. The zero-order valence-electron chi connectivity index (χ0n) is 8.95. The molecule has 82 valence electrons. The number of hydrogen-bond donors (Lipinski definition) is 0. The van der Waals surface area contributed by atoms with Gasteiger partial charge in [0.25, 0.3) is 0 Å². The Morgan fingerprint density at radius 3 is 3.00 bits per heavy atom. The molecule has 1 heterocycles. The van der Waals surface area contributed by atoms with Crippen LogP contribution in [0, 0.1) is 0 Å². The van der Waals surface area contributed by atoms with Crippen molar-refractivity contribution in [3.05, 3.63) is 56.7 Å². The molecule has 0 fully saturated rings. The van der Waals surface area contributed by atoms with Crippen molar-refractivity contribution in [1.82, 2.24) is 0 Å². The molecule has 0 nitrogen and oxygen atoms in total. The van der Waals surface area contributed by atoms with Crippen molar-refractivity contribution in [3.8, 4) is 0 Å². The van der Waals surface area contributed by atoms with Gasteiger partial charge in [-0.15, -0.1) is 0 Å². The molecule has 0 amide bonds. The van der Waals surface area contributed by atoms with Crippen molar-refractivity contribution in [2.45, 2.75) is 25.2 Å². The highest BCUT2D eigenvalue weighted by atomic mass is 35.5. The second kappa shape index (κ2) is 4.23. The predicted molar refractivity (Wildman–Crippen MR) is 70.6 cm³/mol. The lowest BCUT2D eigenvalue weighted by Gasteiger charge is -2.25. The summed E-state index contributed by atoms with van der Waals surface area (Å²) < 4.78 is 0. The fourth-order valence-electron chi connectivity index (χ4n) is 2.59. The third-order valence-electron chi connectivity index (χ3n) is 3.37. The molecule has 1 aromatic carbocycles. The van der Waals surface area contributed by atoms with E-state index in [1.165, 1.54) is 36.0 Å². The van der Waals surface area contributed by atoms with Gasteiger partial charge < -0.3 is 0 Å². The first kappa shape index (κ1) is 10.4. The van der Waals surface area contributed by atoms with Crippen LogP contribution in [0.1, 0.15) is 35.4 Å². The maximum absolute atomic E-state index is 6.11. The van der Waals surface area contributed by atoms with E-state index in [0.29, 0.717) is 5.92 Å². The number of thiophene rings is 1. The van der Waals surface area contributed by atoms with Gasteiger partial charge in [-0.1, -0.05) is 17.7 Å². The smallest absolute Gasteiger partial charge is 0.0409 e. The molecule has 0 saturated carbocycles. The van der Waals surface area contributed by atoms with E-state index in [1.807, 2.05) is 6.07 Å². The van der Waals surface area contributed by atoms with Crippen LogP contribution in [0.2, 0.25) is 5.02 Å². The number of aryl methyl sites for hydroxylation is 1. The molecule has 0 aliphatic heterocycles. The van der Waals surface area contributed by atoms with Crippen LogP contribution in [-0.4, -0.2) is 0 Å². The fourth-order valence-corrected chi connectivity index (χ4v) is 3.48. The summed E-state index contributed by atoms with van der Waals surface area (Å²) in [5.41, 5.74) is 4.37. The molecule has 2 heteroatoms. The molecule has 1 atom stereocenters. The average Bonchev–Trinajstić information content (AvgIpc) is 2.81. The van der Waals surface area contributed by atoms with Gasteiger partial charge in [-0.3, -0.25) is 0 Å². The minimum absolute atomic E-state index is 0.564. The van der Waals surface area contributed by atoms with Gasteiger partial charge in [-0.25, -0.2) is 0 Å². The van der Waals surface area contributed by atoms with Crippen molar-refractivity contribution in [1.29, 1.82) is 0 Å². The van der Waals surface area contributed by atoms with E-state index in [4.69, 9.17) is 11.6 Å². The summed E-state index contributed by atoms with van der Waals surface area (Å²) in [7, 11) is 0. The van der Waals surface area contributed by atoms with Crippen molar-refractivity contribution in [2.24, 2.45) is 0 Å². The Hall–Kier alpha value is -0.790. The van der Waals surface area contributed by atoms with Crippen molar-refractivity contribution < 1.29 is 0 Å². The Morgan fingerprint density at radius 1 is 1.25 bits per heavy atom. The van der Waals surface area contributed by atoms with Crippen molar-refractivity contribution in [3.63, 3.8) is 0 Å². The zero-order valence-corrected chi connectivity index (χ0v) is 10.5. The number of hydrogen-bond acceptors (Lipinski definition) is 1. The number of halogens is 1. The monoisotopic (exact) mass is 248 g/mol. The van der Waals surface area contributed by atoms with Crippen LogP contribution < -0.4 is 0 Å². The third-order valence-corrected chi connectivity index (χ3v) is 4.30. The first-order chi connectivity index (χ1) is 7.84. The second-order valence-corrected chi connectivity index (χ2v) is 5.56. The Labute approximate surface area is 105 Å². The Morgan fingerprint density at radius 2 is 2.19 bits per heavy atom. The normalized spacial score (nSPS) is 19.4. The van der Waals surface area contributed by atoms with Crippen molar-refractivity contribution >= 4 is 22.9 Å². The van der Waals surface area contributed by atoms with Crippen LogP contribution >= 0.6 is 22.9 Å². The van der Waals surface area contributed by atoms with Crippen LogP contribution in [0.4, 0.5) is 0 Å². The third kappa shape index (κ3) is 1.79. The Balaban J connectivity index is 2.08. The molecular weight excluding hydrogens is 236 g/mol. The summed E-state index contributed by atoms with van der Waals surface area (Å²) in [6, 6.07) is 8.59. The lowest BCUT2D eigenvalue weighted by molar-refractivity contribution is 0.617. The minimum atomic E-state index is 0.564. The van der Waals surface area contributed by atoms with Gasteiger partial charge in [0.2, 0.25) is 0 Å². The van der Waals surface area contributed by atoms with E-state index < -0.39 is 0 Å². The van der Waals surface area contributed by atoms with Gasteiger partial charge in [0.15, 0.2) is 0 Å². The zero-order chi connectivity index (χ0) is 11.0. The minimum Gasteiger partial charge on any atom is -0.152 e. The maximum atomic E-state index is 6.11. The first-order valence-electron chi connectivity index (χ1n) is 5.65. The fraction of sp³-hybridized carbons (Fsp3) is 0.286. The standard InChI is InChI=1S/C14H13ClS/c15-12-5-4-10-2-1-3-13(14(10)8-12)11-6-7-16-9-11/h4-9,13H,1-3H2. The summed E-state index contributed by atoms with van der Waals surface area (Å²) in [4.78, 5) is 0. The van der Waals surface area contributed by atoms with E-state index in [9.17, 15) is 0 Å². The Bertz CT molecular complexity index is 487. The summed E-state index contributed by atoms with van der Waals surface area (Å²) in [5.74, 6) is 0.564. The van der Waals surface area contributed by atoms with Crippen molar-refractivity contribution in [2.75, 3.05) is 0 Å². The van der Waals surface area contributed by atoms with Gasteiger partial charge in [0.1, 0.15) is 0 Å². The van der Waals surface area contributed by atoms with E-state index >= 15 is 0 Å². The van der Waals surface area contributed by atoms with E-state index in [1.54, 1.807) is 11.3 Å². The maximum Gasteiger partial charge on any atom is 0.0409 e. The SMILES string of the molecule is Clc1ccc2c(c1)C(c1ccsc1)CCC2. The molecule has 3 rings (SSSR count). The summed E-state index contributed by atoms with van der Waals surface area (Å²) >= 11 is 7.89. The quantitative estimate of drug-likeness (QED) is 0.676. The van der Waals surface area contributed by atoms with Gasteiger partial charge in [-0.2, -0.15) is 11.3 Å². The van der Waals surface area contributed by atoms with Crippen LogP contribution in [0.15, 0.2) is 35.0 Å². The lowest BCUT2D eigenvalue weighted by atomic mass is 9.80. The van der Waals surface area contributed by atoms with Gasteiger partial charge in [-0.05, 0) is 64.9 Å². The lowest BCUT2D eigenvalue weighted by Crippen LogP contribution is -2.10. The largest absolute Gasteiger partial charge is 0.152 e. The highest BCUT2D eigenvalue weighted by Gasteiger charge is 2.21. The highest BCUT2D eigenvalue weighted by molar-refractivity contribution is 7.08. The molecule has 0 N–H and O–H groups in total. The van der Waals surface area contributed by atoms with Crippen LogP contribution in [0.25, 0.3) is 0 Å². The highest BCUT2D eigenvalue weighted by Crippen LogP contribution is 2.38. The molecule has 2 aromatic rings. The Kier molecular flexibility index (Phi) is 2.74. The molecule has 0 saturated heterocycles. The van der Waals surface area contributed by atoms with Gasteiger partial charge >= 0.3 is 0 Å². The second-order valence-electron chi connectivity index (χ2n) is 4.34. The topological polar surface area (TPSA) is 0 Å².